The van der Waals surface area contributed by atoms with Gasteiger partial charge >= 0.3 is 0 Å². The van der Waals surface area contributed by atoms with E-state index in [0.717, 1.165) is 31.3 Å². The number of rotatable bonds is 7. The van der Waals surface area contributed by atoms with Crippen molar-refractivity contribution in [3.63, 3.8) is 0 Å². The van der Waals surface area contributed by atoms with Gasteiger partial charge in [-0.05, 0) is 95.6 Å². The Morgan fingerprint density at radius 3 is 2.67 bits per heavy atom. The fraction of sp³-hybridized carbons (Fsp3) is 0.154. The Bertz CT molecular complexity index is 1370. The van der Waals surface area contributed by atoms with Gasteiger partial charge in [0.25, 0.3) is 0 Å². The van der Waals surface area contributed by atoms with Crippen LogP contribution in [0, 0.1) is 21.8 Å². The van der Waals surface area contributed by atoms with Crippen LogP contribution in [0.4, 0.5) is 0 Å². The molecule has 0 radical (unpaired) electrons. The van der Waals surface area contributed by atoms with Crippen molar-refractivity contribution in [2.24, 2.45) is 0 Å². The van der Waals surface area contributed by atoms with Gasteiger partial charge in [-0.3, -0.25) is 0 Å². The van der Waals surface area contributed by atoms with Gasteiger partial charge in [-0.15, -0.1) is 0 Å². The Labute approximate surface area is 211 Å². The monoisotopic (exact) mass is 569 g/mol. The normalized spacial score (nSPS) is 11.4. The standard InChI is InChI=1S/C26H21ClIN3O2/c1-3-32-24-13-18(12-21(28)25(24)33-15-17-5-7-20(27)8-6-17)11-19(14-29)26-30-22-9-4-16(2)10-23(22)31-26/h4-13H,3,15H2,1-2H3,(H,30,31)/b19-11-. The molecule has 0 unspecified atom stereocenters. The molecular weight excluding hydrogens is 549 g/mol. The smallest absolute Gasteiger partial charge is 0.175 e. The number of aromatic nitrogens is 2. The Kier molecular flexibility index (Phi) is 7.21. The molecule has 1 aromatic heterocycles. The largest absolute Gasteiger partial charge is 0.490 e. The molecule has 0 aliphatic carbocycles. The SMILES string of the molecule is CCOc1cc(/C=C(/C#N)c2nc3ccc(C)cc3[nH]2)cc(I)c1OCc1ccc(Cl)cc1. The predicted octanol–water partition coefficient (Wildman–Crippen LogP) is 7.17. The molecular formula is C26H21ClIN3O2. The minimum Gasteiger partial charge on any atom is -0.490 e. The van der Waals surface area contributed by atoms with E-state index in [2.05, 4.69) is 38.6 Å². The second-order valence-electron chi connectivity index (χ2n) is 7.45. The van der Waals surface area contributed by atoms with Crippen molar-refractivity contribution in [1.29, 1.82) is 5.26 Å². The van der Waals surface area contributed by atoms with Gasteiger partial charge in [0.2, 0.25) is 0 Å². The highest BCUT2D eigenvalue weighted by molar-refractivity contribution is 14.1. The first-order valence-electron chi connectivity index (χ1n) is 10.4. The van der Waals surface area contributed by atoms with Crippen LogP contribution in [-0.4, -0.2) is 16.6 Å². The lowest BCUT2D eigenvalue weighted by Crippen LogP contribution is -2.02. The summed E-state index contributed by atoms with van der Waals surface area (Å²) in [7, 11) is 0. The van der Waals surface area contributed by atoms with Crippen LogP contribution in [0.25, 0.3) is 22.7 Å². The molecule has 0 bridgehead atoms. The van der Waals surface area contributed by atoms with E-state index >= 15 is 0 Å². The summed E-state index contributed by atoms with van der Waals surface area (Å²) >= 11 is 8.19. The number of ether oxygens (including phenoxy) is 2. The molecule has 7 heteroatoms. The van der Waals surface area contributed by atoms with Gasteiger partial charge in [-0.2, -0.15) is 5.26 Å². The molecule has 4 aromatic rings. The van der Waals surface area contributed by atoms with Crippen LogP contribution < -0.4 is 9.47 Å². The molecule has 166 valence electrons. The second kappa shape index (κ2) is 10.3. The number of hydrogen-bond acceptors (Lipinski definition) is 4. The quantitative estimate of drug-likeness (QED) is 0.189. The molecule has 1 N–H and O–H groups in total. The molecule has 4 rings (SSSR count). The number of hydrogen-bond donors (Lipinski definition) is 1. The second-order valence-corrected chi connectivity index (χ2v) is 9.05. The molecule has 0 atom stereocenters. The number of imidazole rings is 1. The van der Waals surface area contributed by atoms with Gasteiger partial charge in [0.15, 0.2) is 11.5 Å². The molecule has 0 amide bonds. The van der Waals surface area contributed by atoms with Gasteiger partial charge in [0.05, 0.1) is 26.8 Å². The van der Waals surface area contributed by atoms with Crippen molar-refractivity contribution in [2.45, 2.75) is 20.5 Å². The number of halogens is 2. The first kappa shape index (κ1) is 23.1. The van der Waals surface area contributed by atoms with Crippen LogP contribution in [0.1, 0.15) is 29.4 Å². The van der Waals surface area contributed by atoms with Gasteiger partial charge in [0.1, 0.15) is 18.5 Å². The van der Waals surface area contributed by atoms with Crippen LogP contribution in [0.2, 0.25) is 5.02 Å². The molecule has 0 aliphatic heterocycles. The maximum Gasteiger partial charge on any atom is 0.175 e. The van der Waals surface area contributed by atoms with Crippen LogP contribution in [-0.2, 0) is 6.61 Å². The minimum atomic E-state index is 0.393. The molecule has 3 aromatic carbocycles. The lowest BCUT2D eigenvalue weighted by molar-refractivity contribution is 0.267. The summed E-state index contributed by atoms with van der Waals surface area (Å²) in [4.78, 5) is 7.82. The van der Waals surface area contributed by atoms with Crippen LogP contribution >= 0.6 is 34.2 Å². The molecule has 1 heterocycles. The summed E-state index contributed by atoms with van der Waals surface area (Å²) in [5.74, 6) is 1.83. The molecule has 5 nitrogen and oxygen atoms in total. The maximum absolute atomic E-state index is 9.80. The van der Waals surface area contributed by atoms with Gasteiger partial charge in [-0.25, -0.2) is 4.98 Å². The number of fused-ring (bicyclic) bond motifs is 1. The van der Waals surface area contributed by atoms with E-state index in [1.165, 1.54) is 0 Å². The van der Waals surface area contributed by atoms with Crippen molar-refractivity contribution in [2.75, 3.05) is 6.61 Å². The highest BCUT2D eigenvalue weighted by atomic mass is 127. The zero-order valence-corrected chi connectivity index (χ0v) is 21.1. The van der Waals surface area contributed by atoms with Gasteiger partial charge in [-0.1, -0.05) is 29.8 Å². The molecule has 0 spiro atoms. The van der Waals surface area contributed by atoms with Gasteiger partial charge in [0, 0.05) is 5.02 Å². The van der Waals surface area contributed by atoms with E-state index in [1.54, 1.807) is 6.08 Å². The highest BCUT2D eigenvalue weighted by Gasteiger charge is 2.14. The summed E-state index contributed by atoms with van der Waals surface area (Å²) < 4.78 is 12.8. The number of benzene rings is 3. The van der Waals surface area contributed by atoms with Crippen molar-refractivity contribution in [3.05, 3.63) is 85.7 Å². The van der Waals surface area contributed by atoms with Crippen LogP contribution in [0.5, 0.6) is 11.5 Å². The lowest BCUT2D eigenvalue weighted by atomic mass is 10.1. The fourth-order valence-electron chi connectivity index (χ4n) is 3.38. The molecule has 0 aliphatic rings. The zero-order chi connectivity index (χ0) is 23.4. The third-order valence-corrected chi connectivity index (χ3v) is 6.01. The van der Waals surface area contributed by atoms with E-state index in [0.29, 0.717) is 41.1 Å². The number of H-pyrrole nitrogens is 1. The summed E-state index contributed by atoms with van der Waals surface area (Å²) in [5.41, 5.74) is 5.14. The fourth-order valence-corrected chi connectivity index (χ4v) is 4.29. The van der Waals surface area contributed by atoms with E-state index in [1.807, 2.05) is 68.4 Å². The number of nitrogens with zero attached hydrogens (tertiary/aromatic N) is 2. The summed E-state index contributed by atoms with van der Waals surface area (Å²) in [6.45, 7) is 4.84. The summed E-state index contributed by atoms with van der Waals surface area (Å²) in [6.07, 6.45) is 1.80. The minimum absolute atomic E-state index is 0.393. The van der Waals surface area contributed by atoms with E-state index in [-0.39, 0.29) is 0 Å². The van der Waals surface area contributed by atoms with E-state index in [4.69, 9.17) is 21.1 Å². The summed E-state index contributed by atoms with van der Waals surface area (Å²) in [6, 6.07) is 19.6. The average molecular weight is 570 g/mol. The topological polar surface area (TPSA) is 70.9 Å². The predicted molar refractivity (Wildman–Crippen MR) is 140 cm³/mol. The Hall–Kier alpha value is -3.02. The van der Waals surface area contributed by atoms with Crippen molar-refractivity contribution in [3.8, 4) is 17.6 Å². The molecule has 33 heavy (non-hydrogen) atoms. The third-order valence-electron chi connectivity index (χ3n) is 4.95. The van der Waals surface area contributed by atoms with Gasteiger partial charge < -0.3 is 14.5 Å². The van der Waals surface area contributed by atoms with E-state index < -0.39 is 0 Å². The van der Waals surface area contributed by atoms with E-state index in [9.17, 15) is 5.26 Å². The zero-order valence-electron chi connectivity index (χ0n) is 18.2. The molecule has 0 fully saturated rings. The Morgan fingerprint density at radius 1 is 1.15 bits per heavy atom. The first-order valence-corrected chi connectivity index (χ1v) is 11.8. The van der Waals surface area contributed by atoms with Crippen LogP contribution in [0.15, 0.2) is 54.6 Å². The first-order chi connectivity index (χ1) is 16.0. The molecule has 0 saturated heterocycles. The maximum atomic E-state index is 9.80. The Morgan fingerprint density at radius 2 is 1.94 bits per heavy atom. The highest BCUT2D eigenvalue weighted by Crippen LogP contribution is 2.36. The van der Waals surface area contributed by atoms with Crippen molar-refractivity contribution >= 4 is 56.9 Å². The van der Waals surface area contributed by atoms with Crippen LogP contribution in [0.3, 0.4) is 0 Å². The number of nitrogens with one attached hydrogen (secondary N) is 1. The lowest BCUT2D eigenvalue weighted by Gasteiger charge is -2.15. The van der Waals surface area contributed by atoms with Crippen molar-refractivity contribution < 1.29 is 9.47 Å². The average Bonchev–Trinajstić information content (AvgIpc) is 3.21. The Balaban J connectivity index is 1.65. The summed E-state index contributed by atoms with van der Waals surface area (Å²) in [5, 5.41) is 10.5. The van der Waals surface area contributed by atoms with Crippen molar-refractivity contribution in [1.82, 2.24) is 9.97 Å². The molecule has 0 saturated carbocycles. The number of nitriles is 1. The third kappa shape index (κ3) is 5.49. The number of aromatic amines is 1. The number of aryl methyl sites for hydroxylation is 1. The number of allylic oxidation sites excluding steroid dienone is 1.